The van der Waals surface area contributed by atoms with E-state index in [0.29, 0.717) is 32.7 Å². The minimum atomic E-state index is -4.32. The quantitative estimate of drug-likeness (QED) is 0.117. The molecule has 0 saturated heterocycles. The number of hydrogen-bond acceptors (Lipinski definition) is 7. The highest BCUT2D eigenvalue weighted by atomic mass is 32.2. The Morgan fingerprint density at radius 3 is 2.08 bits per heavy atom. The summed E-state index contributed by atoms with van der Waals surface area (Å²) in [6.07, 6.45) is 14.0. The van der Waals surface area contributed by atoms with Gasteiger partial charge in [-0.1, -0.05) is 85.0 Å². The van der Waals surface area contributed by atoms with Gasteiger partial charge >= 0.3 is 0 Å². The number of fused-ring (bicyclic) bond motifs is 1. The van der Waals surface area contributed by atoms with Crippen LogP contribution in [0, 0.1) is 0 Å². The Bertz CT molecular complexity index is 814. The molecule has 1 aromatic rings. The molecule has 216 valence electrons. The predicted octanol–water partition coefficient (Wildman–Crippen LogP) is 7.31. The van der Waals surface area contributed by atoms with E-state index in [9.17, 15) is 13.0 Å². The number of hydrogen-bond donors (Lipinski definition) is 1. The molecule has 0 bridgehead atoms. The highest BCUT2D eigenvalue weighted by Crippen LogP contribution is 2.35. The summed E-state index contributed by atoms with van der Waals surface area (Å²) in [5, 5.41) is 3.82. The lowest BCUT2D eigenvalue weighted by atomic mass is 10.0. The van der Waals surface area contributed by atoms with Gasteiger partial charge in [-0.15, -0.1) is 11.3 Å². The fourth-order valence-corrected chi connectivity index (χ4v) is 6.99. The van der Waals surface area contributed by atoms with Crippen molar-refractivity contribution in [2.24, 2.45) is 0 Å². The zero-order chi connectivity index (χ0) is 27.0. The van der Waals surface area contributed by atoms with Crippen molar-refractivity contribution < 1.29 is 27.2 Å². The van der Waals surface area contributed by atoms with Crippen molar-refractivity contribution in [3.8, 4) is 11.5 Å². The Morgan fingerprint density at radius 2 is 1.51 bits per heavy atom. The van der Waals surface area contributed by atoms with Crippen LogP contribution in [0.15, 0.2) is 10.8 Å². The van der Waals surface area contributed by atoms with Gasteiger partial charge < -0.3 is 14.2 Å². The van der Waals surface area contributed by atoms with Crippen molar-refractivity contribution in [1.82, 2.24) is 4.90 Å². The molecule has 1 aliphatic rings. The second kappa shape index (κ2) is 17.7. The third-order valence-electron chi connectivity index (χ3n) is 7.42. The van der Waals surface area contributed by atoms with Crippen LogP contribution in [0.4, 0.5) is 0 Å². The first-order valence-electron chi connectivity index (χ1n) is 14.5. The average Bonchev–Trinajstić information content (AvgIpc) is 3.34. The summed E-state index contributed by atoms with van der Waals surface area (Å²) < 4.78 is 53.8. The lowest BCUT2D eigenvalue weighted by Crippen LogP contribution is -2.55. The third kappa shape index (κ3) is 10.7. The fraction of sp³-hybridized carbons (Fsp3) is 0.857. The molecule has 2 atom stereocenters. The first kappa shape index (κ1) is 32.3. The van der Waals surface area contributed by atoms with Gasteiger partial charge in [0.05, 0.1) is 6.61 Å². The van der Waals surface area contributed by atoms with Crippen LogP contribution >= 0.6 is 11.3 Å². The highest BCUT2D eigenvalue weighted by molar-refractivity contribution is 7.87. The highest BCUT2D eigenvalue weighted by Gasteiger charge is 2.46. The van der Waals surface area contributed by atoms with E-state index < -0.39 is 15.0 Å². The molecule has 0 fully saturated rings. The van der Waals surface area contributed by atoms with E-state index in [-0.39, 0.29) is 19.1 Å². The van der Waals surface area contributed by atoms with Gasteiger partial charge in [-0.2, -0.15) is 8.42 Å². The molecule has 0 radical (unpaired) electrons. The number of rotatable bonds is 22. The van der Waals surface area contributed by atoms with Gasteiger partial charge in [-0.25, -0.2) is 0 Å². The van der Waals surface area contributed by atoms with Gasteiger partial charge in [0, 0.05) is 23.8 Å². The minimum Gasteiger partial charge on any atom is -0.485 e. The van der Waals surface area contributed by atoms with Gasteiger partial charge in [0.1, 0.15) is 6.61 Å². The molecule has 1 aliphatic heterocycles. The van der Waals surface area contributed by atoms with Gasteiger partial charge in [0.15, 0.2) is 22.5 Å². The number of unbranched alkanes of at least 4 members (excludes halogenated alkanes) is 10. The molecule has 9 heteroatoms. The molecule has 37 heavy (non-hydrogen) atoms. The largest absolute Gasteiger partial charge is 0.485 e. The Kier molecular flexibility index (Phi) is 15.4. The van der Waals surface area contributed by atoms with Crippen molar-refractivity contribution in [3.63, 3.8) is 0 Å². The summed E-state index contributed by atoms with van der Waals surface area (Å²) in [5.74, 6) is 1.49. The molecule has 1 aromatic heterocycles. The van der Waals surface area contributed by atoms with Crippen LogP contribution in [0.2, 0.25) is 0 Å². The van der Waals surface area contributed by atoms with Gasteiger partial charge in [-0.05, 0) is 32.4 Å². The van der Waals surface area contributed by atoms with Crippen LogP contribution in [-0.4, -0.2) is 61.8 Å². The second-order valence-corrected chi connectivity index (χ2v) is 12.7. The van der Waals surface area contributed by atoms with Crippen molar-refractivity contribution in [2.45, 2.75) is 122 Å². The summed E-state index contributed by atoms with van der Waals surface area (Å²) in [5.41, 5.74) is 0. The first-order valence-corrected chi connectivity index (χ1v) is 16.9. The van der Waals surface area contributed by atoms with Gasteiger partial charge in [-0.3, -0.25) is 9.45 Å². The molecule has 0 aromatic carbocycles. The second-order valence-electron chi connectivity index (χ2n) is 10.3. The Labute approximate surface area is 230 Å². The maximum absolute atomic E-state index is 12.9. The number of nitrogens with zero attached hydrogens (tertiary/aromatic N) is 1. The van der Waals surface area contributed by atoms with Crippen molar-refractivity contribution in [1.29, 1.82) is 0 Å². The van der Waals surface area contributed by atoms with Crippen LogP contribution in [-0.2, 0) is 14.9 Å². The van der Waals surface area contributed by atoms with Crippen molar-refractivity contribution in [3.05, 3.63) is 10.8 Å². The summed E-state index contributed by atoms with van der Waals surface area (Å²) in [6, 6.07) is 0. The zero-order valence-corrected chi connectivity index (χ0v) is 25.1. The maximum atomic E-state index is 12.9. The predicted molar refractivity (Wildman–Crippen MR) is 153 cm³/mol. The van der Waals surface area contributed by atoms with Crippen molar-refractivity contribution in [2.75, 3.05) is 32.9 Å². The Hall–Kier alpha value is -0.870. The van der Waals surface area contributed by atoms with E-state index in [2.05, 4.69) is 13.8 Å². The standard InChI is InChI=1S/C28H51NO6S2/c1-4-7-9-11-13-15-18-29(19-16-14-12-10-8-5-2)28(6-3,37(30,31)32)17-20-33-21-25-22-34-26-23-36-24-27(26)35-25/h23-25H,4-22H2,1-3H3,(H,30,31,32). The molecule has 1 N–H and O–H groups in total. The number of ether oxygens (including phenoxy) is 3. The van der Waals surface area contributed by atoms with Crippen LogP contribution in [0.1, 0.15) is 111 Å². The summed E-state index contributed by atoms with van der Waals surface area (Å²) in [6.45, 7) is 8.58. The van der Waals surface area contributed by atoms with Gasteiger partial charge in [0.2, 0.25) is 0 Å². The average molecular weight is 562 g/mol. The molecule has 0 amide bonds. The lowest BCUT2D eigenvalue weighted by molar-refractivity contribution is -0.00127. The minimum absolute atomic E-state index is 0.227. The molecule has 0 aliphatic carbocycles. The SMILES string of the molecule is CCCCCCCCN(CCCCCCCC)C(CC)(CCOCC1COc2cscc2O1)S(=O)(=O)O. The van der Waals surface area contributed by atoms with E-state index in [1.54, 1.807) is 0 Å². The first-order chi connectivity index (χ1) is 17.9. The van der Waals surface area contributed by atoms with E-state index in [1.165, 1.54) is 62.7 Å². The van der Waals surface area contributed by atoms with Crippen LogP contribution < -0.4 is 9.47 Å². The third-order valence-corrected chi connectivity index (χ3v) is 9.84. The molecular weight excluding hydrogens is 510 g/mol. The smallest absolute Gasteiger partial charge is 0.284 e. The van der Waals surface area contributed by atoms with E-state index in [1.807, 2.05) is 22.6 Å². The molecule has 2 heterocycles. The van der Waals surface area contributed by atoms with E-state index in [4.69, 9.17) is 14.2 Å². The molecule has 2 rings (SSSR count). The van der Waals surface area contributed by atoms with Gasteiger partial charge in [0.25, 0.3) is 10.1 Å². The summed E-state index contributed by atoms with van der Waals surface area (Å²) in [4.78, 5) is 0.716. The van der Waals surface area contributed by atoms with Crippen LogP contribution in [0.5, 0.6) is 11.5 Å². The Balaban J connectivity index is 1.97. The molecule has 7 nitrogen and oxygen atoms in total. The van der Waals surface area contributed by atoms with E-state index in [0.717, 1.165) is 37.2 Å². The zero-order valence-electron chi connectivity index (χ0n) is 23.4. The monoisotopic (exact) mass is 561 g/mol. The van der Waals surface area contributed by atoms with Crippen LogP contribution in [0.3, 0.4) is 0 Å². The fourth-order valence-electron chi connectivity index (χ4n) is 5.11. The maximum Gasteiger partial charge on any atom is 0.284 e. The Morgan fingerprint density at radius 1 is 0.946 bits per heavy atom. The summed E-state index contributed by atoms with van der Waals surface area (Å²) in [7, 11) is -4.32. The number of thiophene rings is 1. The molecule has 0 saturated carbocycles. The molecular formula is C28H51NO6S2. The van der Waals surface area contributed by atoms with Crippen LogP contribution in [0.25, 0.3) is 0 Å². The van der Waals surface area contributed by atoms with E-state index >= 15 is 0 Å². The lowest BCUT2D eigenvalue weighted by Gasteiger charge is -2.41. The normalized spacial score (nSPS) is 17.3. The summed E-state index contributed by atoms with van der Waals surface area (Å²) >= 11 is 1.53. The molecule has 2 unspecified atom stereocenters. The van der Waals surface area contributed by atoms with Crippen molar-refractivity contribution >= 4 is 21.5 Å². The topological polar surface area (TPSA) is 85.3 Å². The molecule has 0 spiro atoms.